The average molecular weight is 271 g/mol. The monoisotopic (exact) mass is 270 g/mol. The van der Waals surface area contributed by atoms with Crippen molar-refractivity contribution in [3.05, 3.63) is 0 Å². The zero-order valence-electron chi connectivity index (χ0n) is 13.8. The fourth-order valence-electron chi connectivity index (χ4n) is 2.98. The second-order valence-electron chi connectivity index (χ2n) is 6.28. The van der Waals surface area contributed by atoms with Gasteiger partial charge in [-0.25, -0.2) is 0 Å². The third-order valence-corrected chi connectivity index (χ3v) is 4.32. The number of aliphatic hydroxyl groups is 1. The third kappa shape index (κ3) is 11.5. The molecular formula is C18H38O. The summed E-state index contributed by atoms with van der Waals surface area (Å²) in [6, 6.07) is 0. The van der Waals surface area contributed by atoms with Crippen molar-refractivity contribution in [2.75, 3.05) is 6.61 Å². The summed E-state index contributed by atoms with van der Waals surface area (Å²) in [7, 11) is 0. The Bertz CT molecular complexity index is 167. The molecule has 0 aromatic carbocycles. The van der Waals surface area contributed by atoms with Gasteiger partial charge in [0.1, 0.15) is 0 Å². The third-order valence-electron chi connectivity index (χ3n) is 4.32. The second kappa shape index (κ2) is 14.4. The molecule has 0 aromatic heterocycles. The Balaban J connectivity index is 3.99. The van der Waals surface area contributed by atoms with Crippen molar-refractivity contribution in [3.8, 4) is 0 Å². The SMILES string of the molecule is CCCCCCC(CCCC)CC(CO)CCCC. The highest BCUT2D eigenvalue weighted by Crippen LogP contribution is 2.26. The van der Waals surface area contributed by atoms with Crippen LogP contribution in [0.5, 0.6) is 0 Å². The lowest BCUT2D eigenvalue weighted by atomic mass is 9.85. The van der Waals surface area contributed by atoms with E-state index in [1.165, 1.54) is 77.0 Å². The highest BCUT2D eigenvalue weighted by molar-refractivity contribution is 4.67. The van der Waals surface area contributed by atoms with E-state index in [2.05, 4.69) is 20.8 Å². The maximum absolute atomic E-state index is 9.54. The Morgan fingerprint density at radius 1 is 0.632 bits per heavy atom. The summed E-state index contributed by atoms with van der Waals surface area (Å²) >= 11 is 0. The molecule has 116 valence electrons. The van der Waals surface area contributed by atoms with Crippen molar-refractivity contribution >= 4 is 0 Å². The lowest BCUT2D eigenvalue weighted by Crippen LogP contribution is -2.13. The maximum Gasteiger partial charge on any atom is 0.0459 e. The Hall–Kier alpha value is -0.0400. The Morgan fingerprint density at radius 3 is 1.68 bits per heavy atom. The molecule has 2 unspecified atom stereocenters. The molecule has 0 bridgehead atoms. The van der Waals surface area contributed by atoms with Gasteiger partial charge >= 0.3 is 0 Å². The predicted octanol–water partition coefficient (Wildman–Crippen LogP) is 5.95. The summed E-state index contributed by atoms with van der Waals surface area (Å²) in [5.74, 6) is 1.43. The molecule has 0 spiro atoms. The van der Waals surface area contributed by atoms with Gasteiger partial charge in [-0.3, -0.25) is 0 Å². The van der Waals surface area contributed by atoms with E-state index in [0.717, 1.165) is 5.92 Å². The van der Waals surface area contributed by atoms with E-state index < -0.39 is 0 Å². The molecule has 0 radical (unpaired) electrons. The second-order valence-corrected chi connectivity index (χ2v) is 6.28. The molecule has 0 rings (SSSR count). The van der Waals surface area contributed by atoms with Crippen LogP contribution in [0.1, 0.15) is 97.8 Å². The minimum Gasteiger partial charge on any atom is -0.396 e. The number of rotatable bonds is 14. The van der Waals surface area contributed by atoms with Crippen molar-refractivity contribution < 1.29 is 5.11 Å². The van der Waals surface area contributed by atoms with Crippen LogP contribution < -0.4 is 0 Å². The van der Waals surface area contributed by atoms with E-state index in [1.807, 2.05) is 0 Å². The van der Waals surface area contributed by atoms with Crippen molar-refractivity contribution in [1.82, 2.24) is 0 Å². The van der Waals surface area contributed by atoms with Gasteiger partial charge < -0.3 is 5.11 Å². The first-order valence-electron chi connectivity index (χ1n) is 8.89. The summed E-state index contributed by atoms with van der Waals surface area (Å²) < 4.78 is 0. The van der Waals surface area contributed by atoms with Gasteiger partial charge in [-0.1, -0.05) is 85.0 Å². The van der Waals surface area contributed by atoms with Crippen molar-refractivity contribution in [1.29, 1.82) is 0 Å². The molecule has 0 aliphatic rings. The molecular weight excluding hydrogens is 232 g/mol. The molecule has 0 heterocycles. The lowest BCUT2D eigenvalue weighted by Gasteiger charge is -2.22. The number of unbranched alkanes of at least 4 members (excludes halogenated alkanes) is 5. The smallest absolute Gasteiger partial charge is 0.0459 e. The molecule has 2 atom stereocenters. The quantitative estimate of drug-likeness (QED) is 0.387. The zero-order valence-corrected chi connectivity index (χ0v) is 13.8. The summed E-state index contributed by atoms with van der Waals surface area (Å²) in [4.78, 5) is 0. The molecule has 0 aliphatic heterocycles. The van der Waals surface area contributed by atoms with Crippen LogP contribution in [0.4, 0.5) is 0 Å². The largest absolute Gasteiger partial charge is 0.396 e. The lowest BCUT2D eigenvalue weighted by molar-refractivity contribution is 0.182. The number of aliphatic hydroxyl groups excluding tert-OH is 1. The average Bonchev–Trinajstić information content (AvgIpc) is 2.44. The molecule has 19 heavy (non-hydrogen) atoms. The summed E-state index contributed by atoms with van der Waals surface area (Å²) in [6.45, 7) is 7.21. The van der Waals surface area contributed by atoms with Crippen molar-refractivity contribution in [3.63, 3.8) is 0 Å². The van der Waals surface area contributed by atoms with Gasteiger partial charge in [0.2, 0.25) is 0 Å². The van der Waals surface area contributed by atoms with Gasteiger partial charge in [0.15, 0.2) is 0 Å². The highest BCUT2D eigenvalue weighted by Gasteiger charge is 2.15. The molecule has 0 aromatic rings. The van der Waals surface area contributed by atoms with Gasteiger partial charge in [0, 0.05) is 6.61 Å². The van der Waals surface area contributed by atoms with Crippen LogP contribution in [0.3, 0.4) is 0 Å². The van der Waals surface area contributed by atoms with Crippen LogP contribution in [0.25, 0.3) is 0 Å². The van der Waals surface area contributed by atoms with Crippen molar-refractivity contribution in [2.24, 2.45) is 11.8 Å². The van der Waals surface area contributed by atoms with E-state index in [0.29, 0.717) is 12.5 Å². The Labute approximate surface area is 122 Å². The van der Waals surface area contributed by atoms with Crippen LogP contribution in [0.2, 0.25) is 0 Å². The predicted molar refractivity (Wildman–Crippen MR) is 86.5 cm³/mol. The molecule has 0 saturated carbocycles. The Morgan fingerprint density at radius 2 is 1.16 bits per heavy atom. The summed E-state index contributed by atoms with van der Waals surface area (Å²) in [6.07, 6.45) is 16.0. The first-order chi connectivity index (χ1) is 9.28. The van der Waals surface area contributed by atoms with Gasteiger partial charge in [0.25, 0.3) is 0 Å². The molecule has 1 heteroatoms. The summed E-state index contributed by atoms with van der Waals surface area (Å²) in [5.41, 5.74) is 0. The van der Waals surface area contributed by atoms with Gasteiger partial charge in [-0.2, -0.15) is 0 Å². The molecule has 0 amide bonds. The molecule has 0 fully saturated rings. The van der Waals surface area contributed by atoms with Crippen LogP contribution in [-0.2, 0) is 0 Å². The first kappa shape index (κ1) is 19.0. The van der Waals surface area contributed by atoms with E-state index in [9.17, 15) is 5.11 Å². The standard InChI is InChI=1S/C18H38O/c1-4-7-10-11-14-17(12-8-5-2)15-18(16-19)13-9-6-3/h17-19H,4-16H2,1-3H3. The first-order valence-corrected chi connectivity index (χ1v) is 8.89. The van der Waals surface area contributed by atoms with E-state index >= 15 is 0 Å². The molecule has 0 saturated heterocycles. The molecule has 1 nitrogen and oxygen atoms in total. The van der Waals surface area contributed by atoms with Crippen LogP contribution in [0, 0.1) is 11.8 Å². The highest BCUT2D eigenvalue weighted by atomic mass is 16.3. The number of hydrogen-bond acceptors (Lipinski definition) is 1. The van der Waals surface area contributed by atoms with Crippen LogP contribution in [0.15, 0.2) is 0 Å². The van der Waals surface area contributed by atoms with E-state index in [4.69, 9.17) is 0 Å². The van der Waals surface area contributed by atoms with Gasteiger partial charge in [-0.05, 0) is 24.7 Å². The molecule has 1 N–H and O–H groups in total. The van der Waals surface area contributed by atoms with Crippen molar-refractivity contribution in [2.45, 2.75) is 97.8 Å². The van der Waals surface area contributed by atoms with Crippen LogP contribution >= 0.6 is 0 Å². The minimum absolute atomic E-state index is 0.400. The van der Waals surface area contributed by atoms with E-state index in [1.54, 1.807) is 0 Å². The van der Waals surface area contributed by atoms with Gasteiger partial charge in [-0.15, -0.1) is 0 Å². The van der Waals surface area contributed by atoms with E-state index in [-0.39, 0.29) is 0 Å². The van der Waals surface area contributed by atoms with Gasteiger partial charge in [0.05, 0.1) is 0 Å². The topological polar surface area (TPSA) is 20.2 Å². The van der Waals surface area contributed by atoms with Crippen LogP contribution in [-0.4, -0.2) is 11.7 Å². The fourth-order valence-corrected chi connectivity index (χ4v) is 2.98. The minimum atomic E-state index is 0.400. The zero-order chi connectivity index (χ0) is 14.3. The maximum atomic E-state index is 9.54. The Kier molecular flexibility index (Phi) is 14.3. The normalized spacial score (nSPS) is 14.5. The number of hydrogen-bond donors (Lipinski definition) is 1. The summed E-state index contributed by atoms with van der Waals surface area (Å²) in [5, 5.41) is 9.54. The molecule has 0 aliphatic carbocycles. The fraction of sp³-hybridized carbons (Fsp3) is 1.00.